The van der Waals surface area contributed by atoms with Crippen molar-refractivity contribution in [1.82, 2.24) is 14.8 Å². The summed E-state index contributed by atoms with van der Waals surface area (Å²) in [6.45, 7) is 5.12. The number of amides is 2. The van der Waals surface area contributed by atoms with Gasteiger partial charge in [0.1, 0.15) is 17.0 Å². The van der Waals surface area contributed by atoms with E-state index in [9.17, 15) is 9.59 Å². The zero-order valence-electron chi connectivity index (χ0n) is 20.0. The molecule has 0 radical (unpaired) electrons. The van der Waals surface area contributed by atoms with Crippen LogP contribution in [-0.4, -0.2) is 39.5 Å². The molecule has 1 aliphatic carbocycles. The van der Waals surface area contributed by atoms with Gasteiger partial charge in [-0.25, -0.2) is 0 Å². The first-order chi connectivity index (χ1) is 16.5. The Balaban J connectivity index is 1.55. The fourth-order valence-corrected chi connectivity index (χ4v) is 5.44. The number of carbonyl (C=O) groups is 2. The SMILES string of the molecule is CCOc1ccccc1CN1C(=O)c2cc3ccccc3n2CC1(C)C(=O)NC1CCCCC1. The van der Waals surface area contributed by atoms with Crippen LogP contribution >= 0.6 is 0 Å². The van der Waals surface area contributed by atoms with E-state index in [4.69, 9.17) is 4.74 Å². The Morgan fingerprint density at radius 1 is 1.09 bits per heavy atom. The lowest BCUT2D eigenvalue weighted by Gasteiger charge is -2.45. The van der Waals surface area contributed by atoms with E-state index in [1.165, 1.54) is 6.42 Å². The van der Waals surface area contributed by atoms with Gasteiger partial charge in [0.2, 0.25) is 5.91 Å². The Kier molecular flexibility index (Phi) is 6.07. The molecule has 6 heteroatoms. The third-order valence-corrected chi connectivity index (χ3v) is 7.37. The summed E-state index contributed by atoms with van der Waals surface area (Å²) in [5.41, 5.74) is 1.48. The molecule has 1 aliphatic heterocycles. The maximum Gasteiger partial charge on any atom is 0.271 e. The maximum absolute atomic E-state index is 14.0. The number of fused-ring (bicyclic) bond motifs is 3. The first kappa shape index (κ1) is 22.5. The summed E-state index contributed by atoms with van der Waals surface area (Å²) in [7, 11) is 0. The minimum atomic E-state index is -1.03. The van der Waals surface area contributed by atoms with E-state index in [1.807, 2.05) is 73.0 Å². The molecule has 2 aromatic carbocycles. The van der Waals surface area contributed by atoms with Crippen molar-refractivity contribution >= 4 is 22.7 Å². The highest BCUT2D eigenvalue weighted by atomic mass is 16.5. The predicted octanol–water partition coefficient (Wildman–Crippen LogP) is 4.90. The fourth-order valence-electron chi connectivity index (χ4n) is 5.44. The number of hydrogen-bond donors (Lipinski definition) is 1. The largest absolute Gasteiger partial charge is 0.494 e. The monoisotopic (exact) mass is 459 g/mol. The number of rotatable bonds is 6. The molecule has 1 fully saturated rings. The van der Waals surface area contributed by atoms with E-state index in [2.05, 4.69) is 5.32 Å². The lowest BCUT2D eigenvalue weighted by molar-refractivity contribution is -0.134. The number of nitrogens with zero attached hydrogens (tertiary/aromatic N) is 2. The van der Waals surface area contributed by atoms with Crippen LogP contribution in [-0.2, 0) is 17.9 Å². The molecule has 1 aromatic heterocycles. The van der Waals surface area contributed by atoms with Gasteiger partial charge in [-0.1, -0.05) is 55.7 Å². The van der Waals surface area contributed by atoms with Crippen molar-refractivity contribution in [3.63, 3.8) is 0 Å². The van der Waals surface area contributed by atoms with E-state index in [0.717, 1.165) is 47.9 Å². The second-order valence-corrected chi connectivity index (χ2v) is 9.69. The van der Waals surface area contributed by atoms with Crippen LogP contribution in [0.3, 0.4) is 0 Å². The number of carbonyl (C=O) groups excluding carboxylic acids is 2. The summed E-state index contributed by atoms with van der Waals surface area (Å²) < 4.78 is 7.85. The van der Waals surface area contributed by atoms with Crippen molar-refractivity contribution in [2.75, 3.05) is 6.61 Å². The zero-order chi connectivity index (χ0) is 23.7. The van der Waals surface area contributed by atoms with Gasteiger partial charge in [0.15, 0.2) is 0 Å². The number of nitrogens with one attached hydrogen (secondary N) is 1. The van der Waals surface area contributed by atoms with Crippen molar-refractivity contribution in [3.8, 4) is 5.75 Å². The van der Waals surface area contributed by atoms with E-state index >= 15 is 0 Å². The van der Waals surface area contributed by atoms with Crippen LogP contribution in [0, 0.1) is 0 Å². The summed E-state index contributed by atoms with van der Waals surface area (Å²) in [6, 6.07) is 17.9. The highest BCUT2D eigenvalue weighted by Gasteiger charge is 2.48. The van der Waals surface area contributed by atoms with Crippen LogP contribution in [0.5, 0.6) is 5.75 Å². The number of aromatic nitrogens is 1. The summed E-state index contributed by atoms with van der Waals surface area (Å²) in [5, 5.41) is 4.31. The van der Waals surface area contributed by atoms with E-state index in [1.54, 1.807) is 4.90 Å². The molecule has 2 heterocycles. The van der Waals surface area contributed by atoms with Gasteiger partial charge < -0.3 is 19.5 Å². The van der Waals surface area contributed by atoms with Crippen molar-refractivity contribution in [3.05, 3.63) is 65.9 Å². The fraction of sp³-hybridized carbons (Fsp3) is 0.429. The molecule has 6 nitrogen and oxygen atoms in total. The predicted molar refractivity (Wildman–Crippen MR) is 133 cm³/mol. The Bertz CT molecular complexity index is 1210. The highest BCUT2D eigenvalue weighted by molar-refractivity contribution is 6.03. The van der Waals surface area contributed by atoms with Crippen LogP contribution in [0.25, 0.3) is 10.9 Å². The molecule has 2 aliphatic rings. The maximum atomic E-state index is 14.0. The molecule has 1 N–H and O–H groups in total. The summed E-state index contributed by atoms with van der Waals surface area (Å²) >= 11 is 0. The minimum absolute atomic E-state index is 0.0786. The van der Waals surface area contributed by atoms with Crippen LogP contribution in [0.2, 0.25) is 0 Å². The van der Waals surface area contributed by atoms with E-state index in [-0.39, 0.29) is 17.9 Å². The second-order valence-electron chi connectivity index (χ2n) is 9.69. The Morgan fingerprint density at radius 3 is 2.62 bits per heavy atom. The van der Waals surface area contributed by atoms with Gasteiger partial charge in [-0.15, -0.1) is 0 Å². The first-order valence-electron chi connectivity index (χ1n) is 12.4. The quantitative estimate of drug-likeness (QED) is 0.570. The number of benzene rings is 2. The molecule has 1 saturated carbocycles. The third kappa shape index (κ3) is 3.95. The molecule has 0 bridgehead atoms. The van der Waals surface area contributed by atoms with Gasteiger partial charge in [-0.2, -0.15) is 0 Å². The molecular weight excluding hydrogens is 426 g/mol. The van der Waals surface area contributed by atoms with Gasteiger partial charge in [-0.3, -0.25) is 9.59 Å². The average Bonchev–Trinajstić information content (AvgIpc) is 3.22. The van der Waals surface area contributed by atoms with Gasteiger partial charge >= 0.3 is 0 Å². The van der Waals surface area contributed by atoms with E-state index < -0.39 is 5.54 Å². The summed E-state index contributed by atoms with van der Waals surface area (Å²) in [5.74, 6) is 0.541. The van der Waals surface area contributed by atoms with Gasteiger partial charge in [0.25, 0.3) is 5.91 Å². The van der Waals surface area contributed by atoms with Crippen LogP contribution in [0.4, 0.5) is 0 Å². The van der Waals surface area contributed by atoms with Crippen molar-refractivity contribution in [1.29, 1.82) is 0 Å². The van der Waals surface area contributed by atoms with Crippen LogP contribution < -0.4 is 10.1 Å². The van der Waals surface area contributed by atoms with Gasteiger partial charge in [-0.05, 0) is 44.9 Å². The summed E-state index contributed by atoms with van der Waals surface area (Å²) in [6.07, 6.45) is 5.50. The Labute approximate surface area is 200 Å². The molecule has 1 unspecified atom stereocenters. The molecule has 0 spiro atoms. The first-order valence-corrected chi connectivity index (χ1v) is 12.4. The van der Waals surface area contributed by atoms with Crippen molar-refractivity contribution in [2.24, 2.45) is 0 Å². The normalized spacial score (nSPS) is 20.9. The third-order valence-electron chi connectivity index (χ3n) is 7.37. The van der Waals surface area contributed by atoms with Gasteiger partial charge in [0, 0.05) is 22.5 Å². The number of para-hydroxylation sites is 2. The van der Waals surface area contributed by atoms with Gasteiger partial charge in [0.05, 0.1) is 19.7 Å². The Morgan fingerprint density at radius 2 is 1.82 bits per heavy atom. The highest BCUT2D eigenvalue weighted by Crippen LogP contribution is 2.35. The molecule has 0 saturated heterocycles. The van der Waals surface area contributed by atoms with Crippen LogP contribution in [0.15, 0.2) is 54.6 Å². The minimum Gasteiger partial charge on any atom is -0.494 e. The lowest BCUT2D eigenvalue weighted by atomic mass is 9.91. The number of ether oxygens (including phenoxy) is 1. The molecule has 5 rings (SSSR count). The molecule has 3 aromatic rings. The smallest absolute Gasteiger partial charge is 0.271 e. The zero-order valence-corrected chi connectivity index (χ0v) is 20.0. The molecule has 178 valence electrons. The summed E-state index contributed by atoms with van der Waals surface area (Å²) in [4.78, 5) is 29.6. The molecule has 1 atom stereocenters. The molecule has 2 amide bonds. The van der Waals surface area contributed by atoms with Crippen molar-refractivity contribution in [2.45, 2.75) is 70.6 Å². The standard InChI is InChI=1S/C28H33N3O3/c1-3-34-25-16-10-8-12-21(25)18-31-26(32)24-17-20-11-7-9-15-23(20)30(24)19-28(31,2)27(33)29-22-13-5-4-6-14-22/h7-12,15-17,22H,3-6,13-14,18-19H2,1-2H3,(H,29,33). The lowest BCUT2D eigenvalue weighted by Crippen LogP contribution is -2.64. The number of hydrogen-bond acceptors (Lipinski definition) is 3. The second kappa shape index (κ2) is 9.16. The Hall–Kier alpha value is -3.28. The molecule has 34 heavy (non-hydrogen) atoms. The topological polar surface area (TPSA) is 63.6 Å². The van der Waals surface area contributed by atoms with Crippen molar-refractivity contribution < 1.29 is 14.3 Å². The molecular formula is C28H33N3O3. The van der Waals surface area contributed by atoms with E-state index in [0.29, 0.717) is 25.4 Å². The average molecular weight is 460 g/mol. The van der Waals surface area contributed by atoms with Crippen LogP contribution in [0.1, 0.15) is 62.0 Å².